The van der Waals surface area contributed by atoms with Crippen LogP contribution in [-0.2, 0) is 23.2 Å². The standard InChI is InChI=1S/C26H24F3NO6/c1-35-20-12-30-13-21(18(20)14-31)36-25(16-7-9-17(10-8-16)26(27,28)29)11-19(32)22(24(33)34)23(25)15-5-3-2-4-6-15/h2-10,12-13,19,22-23,31-32H,11,14H2,1H3,(H,33,34)/t19-,22-,23+,25-/m0/s1. The number of aromatic nitrogens is 1. The average Bonchev–Trinajstić information content (AvgIpc) is 3.16. The largest absolute Gasteiger partial charge is 0.495 e. The zero-order chi connectivity index (χ0) is 26.1. The number of carboxylic acid groups (broad SMARTS) is 1. The third-order valence-corrected chi connectivity index (χ3v) is 6.58. The van der Waals surface area contributed by atoms with E-state index in [0.29, 0.717) is 5.56 Å². The van der Waals surface area contributed by atoms with Gasteiger partial charge in [0.25, 0.3) is 0 Å². The lowest BCUT2D eigenvalue weighted by Gasteiger charge is -2.38. The van der Waals surface area contributed by atoms with Crippen LogP contribution in [0.3, 0.4) is 0 Å². The first-order valence-electron chi connectivity index (χ1n) is 11.1. The van der Waals surface area contributed by atoms with Crippen molar-refractivity contribution in [3.63, 3.8) is 0 Å². The topological polar surface area (TPSA) is 109 Å². The second kappa shape index (κ2) is 9.79. The summed E-state index contributed by atoms with van der Waals surface area (Å²) in [6.07, 6.45) is -3.53. The molecule has 190 valence electrons. The third kappa shape index (κ3) is 4.49. The van der Waals surface area contributed by atoms with E-state index in [1.807, 2.05) is 0 Å². The number of aliphatic hydroxyl groups excluding tert-OH is 2. The maximum atomic E-state index is 13.3. The van der Waals surface area contributed by atoms with Gasteiger partial charge < -0.3 is 24.8 Å². The van der Waals surface area contributed by atoms with E-state index in [9.17, 15) is 33.3 Å². The lowest BCUT2D eigenvalue weighted by molar-refractivity contribution is -0.145. The molecule has 4 rings (SSSR count). The van der Waals surface area contributed by atoms with Crippen LogP contribution in [0, 0.1) is 5.92 Å². The molecule has 10 heteroatoms. The molecule has 1 saturated carbocycles. The second-order valence-corrected chi connectivity index (χ2v) is 8.57. The molecular weight excluding hydrogens is 479 g/mol. The first kappa shape index (κ1) is 25.5. The first-order chi connectivity index (χ1) is 17.1. The van der Waals surface area contributed by atoms with Gasteiger partial charge in [0.1, 0.15) is 17.1 Å². The Balaban J connectivity index is 1.97. The molecule has 0 aliphatic heterocycles. The van der Waals surface area contributed by atoms with Crippen LogP contribution < -0.4 is 9.47 Å². The molecule has 3 N–H and O–H groups in total. The highest BCUT2D eigenvalue weighted by Crippen LogP contribution is 2.56. The molecule has 0 unspecified atom stereocenters. The van der Waals surface area contributed by atoms with Crippen LogP contribution in [0.2, 0.25) is 0 Å². The quantitative estimate of drug-likeness (QED) is 0.445. The van der Waals surface area contributed by atoms with E-state index >= 15 is 0 Å². The zero-order valence-electron chi connectivity index (χ0n) is 19.1. The summed E-state index contributed by atoms with van der Waals surface area (Å²) in [7, 11) is 1.37. The number of carboxylic acids is 1. The van der Waals surface area contributed by atoms with Crippen LogP contribution in [-0.4, -0.2) is 39.5 Å². The molecule has 7 nitrogen and oxygen atoms in total. The Hall–Kier alpha value is -3.63. The van der Waals surface area contributed by atoms with Crippen molar-refractivity contribution in [3.05, 3.63) is 89.2 Å². The monoisotopic (exact) mass is 503 g/mol. The minimum Gasteiger partial charge on any atom is -0.495 e. The summed E-state index contributed by atoms with van der Waals surface area (Å²) in [6.45, 7) is -0.509. The summed E-state index contributed by atoms with van der Waals surface area (Å²) in [5, 5.41) is 31.0. The summed E-state index contributed by atoms with van der Waals surface area (Å²) in [5.41, 5.74) is -1.53. The number of benzene rings is 2. The van der Waals surface area contributed by atoms with Crippen LogP contribution in [0.25, 0.3) is 0 Å². The van der Waals surface area contributed by atoms with Gasteiger partial charge in [0.15, 0.2) is 0 Å². The van der Waals surface area contributed by atoms with Gasteiger partial charge in [0.05, 0.1) is 49.3 Å². The molecular formula is C26H24F3NO6. The Labute approximate surface area is 204 Å². The average molecular weight is 503 g/mol. The predicted octanol–water partition coefficient (Wildman–Crippen LogP) is 4.12. The van der Waals surface area contributed by atoms with E-state index in [2.05, 4.69) is 4.98 Å². The van der Waals surface area contributed by atoms with Crippen LogP contribution in [0.15, 0.2) is 67.0 Å². The molecule has 0 saturated heterocycles. The fraction of sp³-hybridized carbons (Fsp3) is 0.308. The van der Waals surface area contributed by atoms with Crippen molar-refractivity contribution in [3.8, 4) is 11.5 Å². The van der Waals surface area contributed by atoms with Gasteiger partial charge in [-0.2, -0.15) is 13.2 Å². The van der Waals surface area contributed by atoms with Crippen molar-refractivity contribution >= 4 is 5.97 Å². The maximum Gasteiger partial charge on any atom is 0.416 e. The van der Waals surface area contributed by atoms with Crippen molar-refractivity contribution in [1.82, 2.24) is 4.98 Å². The van der Waals surface area contributed by atoms with E-state index in [-0.39, 0.29) is 29.0 Å². The van der Waals surface area contributed by atoms with E-state index in [4.69, 9.17) is 9.47 Å². The van der Waals surface area contributed by atoms with Gasteiger partial charge in [-0.3, -0.25) is 9.78 Å². The summed E-state index contributed by atoms with van der Waals surface area (Å²) < 4.78 is 51.6. The van der Waals surface area contributed by atoms with Gasteiger partial charge in [-0.1, -0.05) is 42.5 Å². The maximum absolute atomic E-state index is 13.3. The molecule has 4 atom stereocenters. The molecule has 1 heterocycles. The molecule has 1 fully saturated rings. The Kier molecular flexibility index (Phi) is 6.92. The van der Waals surface area contributed by atoms with E-state index < -0.39 is 47.9 Å². The molecule has 1 aliphatic carbocycles. The summed E-state index contributed by atoms with van der Waals surface area (Å²) in [6, 6.07) is 12.7. The fourth-order valence-electron chi connectivity index (χ4n) is 4.99. The number of aliphatic hydroxyl groups is 2. The van der Waals surface area contributed by atoms with Gasteiger partial charge in [0, 0.05) is 12.3 Å². The number of hydrogen-bond donors (Lipinski definition) is 3. The van der Waals surface area contributed by atoms with Crippen LogP contribution in [0.4, 0.5) is 13.2 Å². The van der Waals surface area contributed by atoms with E-state index in [1.165, 1.54) is 31.6 Å². The SMILES string of the molecule is COc1cncc(O[C@]2(c3ccc(C(F)(F)F)cc3)C[C@H](O)[C@H](C(=O)O)[C@H]2c2ccccc2)c1CO. The van der Waals surface area contributed by atoms with Crippen LogP contribution in [0.1, 0.15) is 34.6 Å². The van der Waals surface area contributed by atoms with Crippen molar-refractivity contribution in [1.29, 1.82) is 0 Å². The Morgan fingerprint density at radius 3 is 2.28 bits per heavy atom. The minimum absolute atomic E-state index is 0.0518. The molecule has 0 spiro atoms. The molecule has 36 heavy (non-hydrogen) atoms. The molecule has 3 aromatic rings. The highest BCUT2D eigenvalue weighted by molar-refractivity contribution is 5.74. The highest BCUT2D eigenvalue weighted by Gasteiger charge is 2.59. The third-order valence-electron chi connectivity index (χ3n) is 6.58. The molecule has 2 aromatic carbocycles. The molecule has 1 aliphatic rings. The number of nitrogens with zero attached hydrogens (tertiary/aromatic N) is 1. The number of methoxy groups -OCH3 is 1. The lowest BCUT2D eigenvalue weighted by atomic mass is 9.76. The van der Waals surface area contributed by atoms with Crippen molar-refractivity contribution < 1.29 is 42.8 Å². The summed E-state index contributed by atoms with van der Waals surface area (Å²) >= 11 is 0. The number of ether oxygens (including phenoxy) is 2. The van der Waals surface area contributed by atoms with Crippen LogP contribution in [0.5, 0.6) is 11.5 Å². The van der Waals surface area contributed by atoms with Gasteiger partial charge >= 0.3 is 12.1 Å². The number of pyridine rings is 1. The molecule has 0 bridgehead atoms. The number of rotatable bonds is 7. The van der Waals surface area contributed by atoms with Crippen molar-refractivity contribution in [2.24, 2.45) is 5.92 Å². The fourth-order valence-corrected chi connectivity index (χ4v) is 4.99. The number of aliphatic carboxylic acids is 1. The first-order valence-corrected chi connectivity index (χ1v) is 11.1. The van der Waals surface area contributed by atoms with E-state index in [1.54, 1.807) is 30.3 Å². The zero-order valence-corrected chi connectivity index (χ0v) is 19.1. The predicted molar refractivity (Wildman–Crippen MR) is 121 cm³/mol. The summed E-state index contributed by atoms with van der Waals surface area (Å²) in [4.78, 5) is 16.4. The Morgan fingerprint density at radius 1 is 1.08 bits per heavy atom. The van der Waals surface area contributed by atoms with Gasteiger partial charge in [-0.25, -0.2) is 0 Å². The van der Waals surface area contributed by atoms with Crippen LogP contribution >= 0.6 is 0 Å². The van der Waals surface area contributed by atoms with Gasteiger partial charge in [-0.15, -0.1) is 0 Å². The van der Waals surface area contributed by atoms with Crippen molar-refractivity contribution in [2.45, 2.75) is 36.8 Å². The van der Waals surface area contributed by atoms with E-state index in [0.717, 1.165) is 12.1 Å². The molecule has 1 aromatic heterocycles. The second-order valence-electron chi connectivity index (χ2n) is 8.57. The number of carbonyl (C=O) groups is 1. The smallest absolute Gasteiger partial charge is 0.416 e. The van der Waals surface area contributed by atoms with Gasteiger partial charge in [-0.05, 0) is 23.3 Å². The number of alkyl halides is 3. The molecule has 0 radical (unpaired) electrons. The normalized spacial score (nSPS) is 23.9. The number of halogens is 3. The Bertz CT molecular complexity index is 1220. The lowest BCUT2D eigenvalue weighted by Crippen LogP contribution is -2.39. The summed E-state index contributed by atoms with van der Waals surface area (Å²) in [5.74, 6) is -3.34. The minimum atomic E-state index is -4.58. The Morgan fingerprint density at radius 2 is 1.72 bits per heavy atom. The number of hydrogen-bond acceptors (Lipinski definition) is 6. The highest BCUT2D eigenvalue weighted by atomic mass is 19.4. The van der Waals surface area contributed by atoms with Crippen molar-refractivity contribution in [2.75, 3.05) is 7.11 Å². The van der Waals surface area contributed by atoms with Gasteiger partial charge in [0.2, 0.25) is 0 Å². The molecule has 0 amide bonds.